The lowest BCUT2D eigenvalue weighted by Gasteiger charge is -2.21. The number of amides is 1. The maximum atomic E-state index is 14.2. The minimum Gasteiger partial charge on any atom is -0.506 e. The van der Waals surface area contributed by atoms with Crippen molar-refractivity contribution < 1.29 is 19.0 Å². The van der Waals surface area contributed by atoms with Gasteiger partial charge in [-0.25, -0.2) is 4.39 Å². The van der Waals surface area contributed by atoms with Gasteiger partial charge in [0.2, 0.25) is 0 Å². The van der Waals surface area contributed by atoms with Crippen LogP contribution in [0.3, 0.4) is 0 Å². The number of nitrogens with one attached hydrogen (secondary N) is 1. The van der Waals surface area contributed by atoms with Gasteiger partial charge >= 0.3 is 0 Å². The summed E-state index contributed by atoms with van der Waals surface area (Å²) in [5, 5.41) is 11.4. The highest BCUT2D eigenvalue weighted by atomic mass is 19.1. The van der Waals surface area contributed by atoms with Crippen LogP contribution in [0.5, 0.6) is 11.5 Å². The third-order valence-electron chi connectivity index (χ3n) is 6.61. The molecule has 1 aliphatic heterocycles. The topological polar surface area (TPSA) is 95.5 Å². The van der Waals surface area contributed by atoms with E-state index in [4.69, 9.17) is 4.74 Å². The van der Waals surface area contributed by atoms with Crippen molar-refractivity contribution in [3.05, 3.63) is 75.2 Å². The molecule has 1 saturated heterocycles. The van der Waals surface area contributed by atoms with Crippen molar-refractivity contribution in [2.75, 3.05) is 20.2 Å². The second-order valence-corrected chi connectivity index (χ2v) is 8.89. The van der Waals surface area contributed by atoms with Gasteiger partial charge in [-0.3, -0.25) is 14.6 Å². The molecule has 184 valence electrons. The average molecular weight is 480 g/mol. The Bertz CT molecular complexity index is 1300. The molecule has 3 aromatic rings. The minimum atomic E-state index is -0.637. The molecule has 1 aliphatic rings. The largest absolute Gasteiger partial charge is 0.506 e. The molecule has 0 saturated carbocycles. The van der Waals surface area contributed by atoms with Gasteiger partial charge in [-0.15, -0.1) is 0 Å². The fourth-order valence-electron chi connectivity index (χ4n) is 4.80. The zero-order valence-corrected chi connectivity index (χ0v) is 20.2. The van der Waals surface area contributed by atoms with Gasteiger partial charge in [-0.2, -0.15) is 0 Å². The van der Waals surface area contributed by atoms with Crippen LogP contribution in [0, 0.1) is 12.7 Å². The van der Waals surface area contributed by atoms with Crippen LogP contribution in [-0.2, 0) is 6.42 Å². The minimum absolute atomic E-state index is 0.215. The van der Waals surface area contributed by atoms with E-state index in [-0.39, 0.29) is 23.8 Å². The smallest absolute Gasteiger partial charge is 0.264 e. The van der Waals surface area contributed by atoms with Gasteiger partial charge in [0.25, 0.3) is 11.5 Å². The van der Waals surface area contributed by atoms with Crippen LogP contribution in [0.4, 0.5) is 4.39 Å². The second-order valence-electron chi connectivity index (χ2n) is 8.89. The normalized spacial score (nSPS) is 15.4. The molecule has 4 rings (SSSR count). The van der Waals surface area contributed by atoms with Gasteiger partial charge in [0.15, 0.2) is 0 Å². The van der Waals surface area contributed by atoms with Crippen molar-refractivity contribution in [2.24, 2.45) is 0 Å². The predicted molar refractivity (Wildman–Crippen MR) is 132 cm³/mol. The van der Waals surface area contributed by atoms with Crippen LogP contribution in [0.1, 0.15) is 59.4 Å². The molecule has 1 amide bonds. The molecular formula is C27H30FN3O4. The van der Waals surface area contributed by atoms with Crippen molar-refractivity contribution in [1.82, 2.24) is 14.9 Å². The molecule has 3 heterocycles. The quantitative estimate of drug-likeness (QED) is 0.518. The Balaban J connectivity index is 1.78. The van der Waals surface area contributed by atoms with E-state index in [2.05, 4.69) is 9.97 Å². The predicted octanol–water partition coefficient (Wildman–Crippen LogP) is 4.57. The molecule has 2 aromatic heterocycles. The van der Waals surface area contributed by atoms with Gasteiger partial charge in [-0.1, -0.05) is 25.5 Å². The Hall–Kier alpha value is -3.68. The van der Waals surface area contributed by atoms with Crippen molar-refractivity contribution in [3.8, 4) is 22.6 Å². The summed E-state index contributed by atoms with van der Waals surface area (Å²) in [6.45, 7) is 4.48. The fourth-order valence-corrected chi connectivity index (χ4v) is 4.80. The fraction of sp³-hybridized carbons (Fsp3) is 0.370. The molecule has 8 heteroatoms. The molecule has 35 heavy (non-hydrogen) atoms. The first-order valence-electron chi connectivity index (χ1n) is 11.9. The lowest BCUT2D eigenvalue weighted by Crippen LogP contribution is -2.34. The number of nitrogens with zero attached hydrogens (tertiary/aromatic N) is 2. The van der Waals surface area contributed by atoms with Crippen molar-refractivity contribution in [1.29, 1.82) is 0 Å². The van der Waals surface area contributed by atoms with Gasteiger partial charge < -0.3 is 19.7 Å². The first-order valence-corrected chi connectivity index (χ1v) is 11.9. The first kappa shape index (κ1) is 24.4. The van der Waals surface area contributed by atoms with Crippen LogP contribution < -0.4 is 10.3 Å². The molecule has 1 unspecified atom stereocenters. The number of carbonyl (C=O) groups excluding carboxylic acids is 1. The standard InChI is InChI=1S/C27H30FN3O4/c1-4-5-10-19-22(21-16(2)8-6-11-20(21)35-3)25(32)23(26(33)30-19)27(34)31-14-12-17(15-31)24-18(28)9-7-13-29-24/h6-9,11,13,17H,4-5,10,12,14-15H2,1-3H3,(H2,30,32,33). The summed E-state index contributed by atoms with van der Waals surface area (Å²) in [7, 11) is 1.54. The van der Waals surface area contributed by atoms with E-state index < -0.39 is 17.3 Å². The van der Waals surface area contributed by atoms with Crippen molar-refractivity contribution in [3.63, 3.8) is 0 Å². The third-order valence-corrected chi connectivity index (χ3v) is 6.61. The second kappa shape index (κ2) is 10.3. The Kier molecular flexibility index (Phi) is 7.19. The van der Waals surface area contributed by atoms with Crippen LogP contribution in [-0.4, -0.2) is 46.1 Å². The number of aromatic hydroxyl groups is 1. The summed E-state index contributed by atoms with van der Waals surface area (Å²) < 4.78 is 19.8. The zero-order valence-electron chi connectivity index (χ0n) is 20.2. The average Bonchev–Trinajstić information content (AvgIpc) is 3.33. The summed E-state index contributed by atoms with van der Waals surface area (Å²) in [6, 6.07) is 8.39. The molecule has 1 aromatic carbocycles. The van der Waals surface area contributed by atoms with Crippen LogP contribution in [0.2, 0.25) is 0 Å². The molecule has 0 aliphatic carbocycles. The highest BCUT2D eigenvalue weighted by molar-refractivity contribution is 6.00. The van der Waals surface area contributed by atoms with E-state index >= 15 is 0 Å². The Morgan fingerprint density at radius 2 is 2.09 bits per heavy atom. The van der Waals surface area contributed by atoms with Gasteiger partial charge in [0, 0.05) is 42.0 Å². The number of halogens is 1. The number of aryl methyl sites for hydroxylation is 2. The maximum absolute atomic E-state index is 14.2. The number of aromatic nitrogens is 2. The number of ether oxygens (including phenoxy) is 1. The first-order chi connectivity index (χ1) is 16.9. The lowest BCUT2D eigenvalue weighted by atomic mass is 9.93. The number of carbonyl (C=O) groups is 1. The zero-order chi connectivity index (χ0) is 25.1. The van der Waals surface area contributed by atoms with E-state index in [9.17, 15) is 19.1 Å². The number of aromatic amines is 1. The molecule has 1 fully saturated rings. The summed E-state index contributed by atoms with van der Waals surface area (Å²) in [5.74, 6) is -1.10. The third kappa shape index (κ3) is 4.65. The van der Waals surface area contributed by atoms with E-state index in [0.29, 0.717) is 47.7 Å². The van der Waals surface area contributed by atoms with E-state index in [1.807, 2.05) is 26.0 Å². The SMILES string of the molecule is CCCCc1[nH]c(=O)c(C(=O)N2CCC(c3ncccc3F)C2)c(O)c1-c1c(C)cccc1OC. The van der Waals surface area contributed by atoms with Crippen molar-refractivity contribution >= 4 is 5.91 Å². The number of hydrogen-bond acceptors (Lipinski definition) is 5. The van der Waals surface area contributed by atoms with E-state index in [1.165, 1.54) is 23.2 Å². The number of unbranched alkanes of at least 4 members (excludes halogenated alkanes) is 1. The molecule has 7 nitrogen and oxygen atoms in total. The number of likely N-dealkylation sites (tertiary alicyclic amines) is 1. The molecule has 0 bridgehead atoms. The molecule has 0 spiro atoms. The Morgan fingerprint density at radius 1 is 1.29 bits per heavy atom. The van der Waals surface area contributed by atoms with Crippen LogP contribution in [0.25, 0.3) is 11.1 Å². The Labute approximate surface area is 203 Å². The van der Waals surface area contributed by atoms with Crippen molar-refractivity contribution in [2.45, 2.75) is 45.4 Å². The van der Waals surface area contributed by atoms with E-state index in [0.717, 1.165) is 18.4 Å². The van der Waals surface area contributed by atoms with Crippen LogP contribution >= 0.6 is 0 Å². The summed E-state index contributed by atoms with van der Waals surface area (Å²) in [4.78, 5) is 35.1. The maximum Gasteiger partial charge on any atom is 0.264 e. The summed E-state index contributed by atoms with van der Waals surface area (Å²) >= 11 is 0. The molecule has 1 atom stereocenters. The number of rotatable bonds is 7. The monoisotopic (exact) mass is 479 g/mol. The van der Waals surface area contributed by atoms with Gasteiger partial charge in [-0.05, 0) is 49.9 Å². The number of benzene rings is 1. The van der Waals surface area contributed by atoms with E-state index in [1.54, 1.807) is 13.2 Å². The summed E-state index contributed by atoms with van der Waals surface area (Å²) in [6.07, 6.45) is 4.27. The van der Waals surface area contributed by atoms with Gasteiger partial charge in [0.05, 0.1) is 12.8 Å². The summed E-state index contributed by atoms with van der Waals surface area (Å²) in [5.41, 5.74) is 1.81. The number of H-pyrrole nitrogens is 1. The number of pyridine rings is 2. The molecule has 0 radical (unpaired) electrons. The van der Waals surface area contributed by atoms with Gasteiger partial charge in [0.1, 0.15) is 22.9 Å². The van der Waals surface area contributed by atoms with Crippen LogP contribution in [0.15, 0.2) is 41.3 Å². The molecule has 2 N–H and O–H groups in total. The molecular weight excluding hydrogens is 449 g/mol. The highest BCUT2D eigenvalue weighted by Crippen LogP contribution is 2.41. The lowest BCUT2D eigenvalue weighted by molar-refractivity contribution is 0.0785. The Morgan fingerprint density at radius 3 is 2.80 bits per heavy atom. The number of methoxy groups -OCH3 is 1. The highest BCUT2D eigenvalue weighted by Gasteiger charge is 2.34. The number of hydrogen-bond donors (Lipinski definition) is 2.